The zero-order valence-corrected chi connectivity index (χ0v) is 22.7. The van der Waals surface area contributed by atoms with E-state index in [4.69, 9.17) is 14.5 Å². The number of nitrogens with zero attached hydrogens (tertiary/aromatic N) is 3. The van der Waals surface area contributed by atoms with Crippen molar-refractivity contribution in [2.24, 2.45) is 4.99 Å². The fourth-order valence-electron chi connectivity index (χ4n) is 3.69. The van der Waals surface area contributed by atoms with Crippen molar-refractivity contribution < 1.29 is 9.47 Å². The van der Waals surface area contributed by atoms with Crippen molar-refractivity contribution in [1.29, 1.82) is 0 Å². The molecular weight excluding hydrogens is 537 g/mol. The highest BCUT2D eigenvalue weighted by Crippen LogP contribution is 2.33. The predicted octanol–water partition coefficient (Wildman–Crippen LogP) is 3.50. The first kappa shape index (κ1) is 26.7. The molecule has 0 fully saturated rings. The van der Waals surface area contributed by atoms with Gasteiger partial charge in [0.15, 0.2) is 17.5 Å². The van der Waals surface area contributed by atoms with Gasteiger partial charge in [0.05, 0.1) is 25.8 Å². The summed E-state index contributed by atoms with van der Waals surface area (Å²) < 4.78 is 10.9. The Morgan fingerprint density at radius 3 is 2.56 bits per heavy atom. The number of aromatic nitrogens is 1. The van der Waals surface area contributed by atoms with Crippen molar-refractivity contribution >= 4 is 41.3 Å². The van der Waals surface area contributed by atoms with Crippen molar-refractivity contribution in [2.45, 2.75) is 39.7 Å². The number of aryl methyl sites for hydroxylation is 1. The summed E-state index contributed by atoms with van der Waals surface area (Å²) in [7, 11) is 3.37. The Morgan fingerprint density at radius 2 is 1.91 bits per heavy atom. The molecule has 0 radical (unpaired) electrons. The third-order valence-corrected chi connectivity index (χ3v) is 6.61. The molecular formula is C23H36IN5O2S. The van der Waals surface area contributed by atoms with Gasteiger partial charge in [-0.25, -0.2) is 4.98 Å². The Balaban J connectivity index is 0.00000363. The van der Waals surface area contributed by atoms with Crippen LogP contribution in [0.1, 0.15) is 34.9 Å². The molecule has 1 aromatic carbocycles. The molecule has 0 saturated heterocycles. The summed E-state index contributed by atoms with van der Waals surface area (Å²) in [6, 6.07) is 4.22. The molecule has 2 aromatic rings. The first-order chi connectivity index (χ1) is 15.2. The highest BCUT2D eigenvalue weighted by Gasteiger charge is 2.19. The molecule has 2 N–H and O–H groups in total. The molecule has 3 rings (SSSR count). The van der Waals surface area contributed by atoms with Crippen molar-refractivity contribution in [2.75, 3.05) is 46.9 Å². The normalized spacial score (nSPS) is 13.8. The second-order valence-electron chi connectivity index (χ2n) is 7.51. The summed E-state index contributed by atoms with van der Waals surface area (Å²) in [4.78, 5) is 13.0. The third-order valence-electron chi connectivity index (χ3n) is 5.41. The highest BCUT2D eigenvalue weighted by atomic mass is 127. The van der Waals surface area contributed by atoms with Gasteiger partial charge in [-0.3, -0.25) is 9.89 Å². The van der Waals surface area contributed by atoms with Crippen LogP contribution in [0.4, 0.5) is 0 Å². The standard InChI is InChI=1S/C23H35N5O2S.HI/c1-5-19-15-27-22(31-19)7-9-25-23(24-6-2)26-10-12-28-11-8-17-13-20(29-3)21(30-4)14-18(17)16-28;/h13-15H,5-12,16H2,1-4H3,(H2,24,25,26);1H. The van der Waals surface area contributed by atoms with Crippen molar-refractivity contribution in [3.8, 4) is 11.5 Å². The minimum Gasteiger partial charge on any atom is -0.493 e. The molecule has 7 nitrogen and oxygen atoms in total. The maximum Gasteiger partial charge on any atom is 0.191 e. The van der Waals surface area contributed by atoms with E-state index in [1.165, 1.54) is 21.0 Å². The summed E-state index contributed by atoms with van der Waals surface area (Å²) in [5, 5.41) is 7.95. The van der Waals surface area contributed by atoms with Gasteiger partial charge in [-0.2, -0.15) is 0 Å². The average molecular weight is 574 g/mol. The third kappa shape index (κ3) is 7.48. The van der Waals surface area contributed by atoms with Gasteiger partial charge in [0.2, 0.25) is 0 Å². The van der Waals surface area contributed by atoms with Crippen LogP contribution in [0.15, 0.2) is 23.3 Å². The summed E-state index contributed by atoms with van der Waals surface area (Å²) in [5.74, 6) is 2.48. The molecule has 1 aliphatic heterocycles. The van der Waals surface area contributed by atoms with Crippen LogP contribution in [0.5, 0.6) is 11.5 Å². The number of benzene rings is 1. The Hall–Kier alpha value is -1.59. The molecule has 2 heterocycles. The lowest BCUT2D eigenvalue weighted by Gasteiger charge is -2.29. The molecule has 0 bridgehead atoms. The topological polar surface area (TPSA) is 71.0 Å². The monoisotopic (exact) mass is 573 g/mol. The molecule has 0 amide bonds. The van der Waals surface area contributed by atoms with Gasteiger partial charge in [-0.1, -0.05) is 6.92 Å². The van der Waals surface area contributed by atoms with E-state index < -0.39 is 0 Å². The lowest BCUT2D eigenvalue weighted by molar-refractivity contribution is 0.260. The zero-order chi connectivity index (χ0) is 22.1. The number of hydrogen-bond acceptors (Lipinski definition) is 6. The fraction of sp³-hybridized carbons (Fsp3) is 0.565. The van der Waals surface area contributed by atoms with Gasteiger partial charge in [0.1, 0.15) is 0 Å². The van der Waals surface area contributed by atoms with E-state index >= 15 is 0 Å². The molecule has 1 aliphatic rings. The Labute approximate surface area is 213 Å². The van der Waals surface area contributed by atoms with Gasteiger partial charge in [-0.15, -0.1) is 35.3 Å². The molecule has 1 aromatic heterocycles. The number of nitrogens with one attached hydrogen (secondary N) is 2. The number of fused-ring (bicyclic) bond motifs is 1. The molecule has 9 heteroatoms. The Morgan fingerprint density at radius 1 is 1.16 bits per heavy atom. The quantitative estimate of drug-likeness (QED) is 0.258. The Kier molecular flexibility index (Phi) is 11.5. The summed E-state index contributed by atoms with van der Waals surface area (Å²) >= 11 is 1.80. The van der Waals surface area contributed by atoms with Gasteiger partial charge >= 0.3 is 0 Å². The van der Waals surface area contributed by atoms with E-state index in [9.17, 15) is 0 Å². The number of aliphatic imine (C=N–C) groups is 1. The van der Waals surface area contributed by atoms with E-state index in [0.29, 0.717) is 0 Å². The minimum absolute atomic E-state index is 0. The number of ether oxygens (including phenoxy) is 2. The predicted molar refractivity (Wildman–Crippen MR) is 143 cm³/mol. The molecule has 32 heavy (non-hydrogen) atoms. The number of guanidine groups is 1. The number of methoxy groups -OCH3 is 2. The number of hydrogen-bond donors (Lipinski definition) is 2. The maximum absolute atomic E-state index is 5.47. The van der Waals surface area contributed by atoms with Crippen LogP contribution in [-0.4, -0.2) is 62.8 Å². The Bertz CT molecular complexity index is 874. The summed E-state index contributed by atoms with van der Waals surface area (Å²) in [5.41, 5.74) is 2.66. The van der Waals surface area contributed by atoms with Gasteiger partial charge in [-0.05, 0) is 43.0 Å². The van der Waals surface area contributed by atoms with Crippen LogP contribution in [-0.2, 0) is 25.8 Å². The lowest BCUT2D eigenvalue weighted by Crippen LogP contribution is -2.39. The molecule has 0 saturated carbocycles. The van der Waals surface area contributed by atoms with Crippen LogP contribution in [0, 0.1) is 0 Å². The molecule has 0 spiro atoms. The van der Waals surface area contributed by atoms with Crippen molar-refractivity contribution in [3.05, 3.63) is 39.3 Å². The van der Waals surface area contributed by atoms with Crippen molar-refractivity contribution in [1.82, 2.24) is 20.5 Å². The first-order valence-electron chi connectivity index (χ1n) is 11.1. The fourth-order valence-corrected chi connectivity index (χ4v) is 4.55. The van der Waals surface area contributed by atoms with Crippen LogP contribution < -0.4 is 20.1 Å². The zero-order valence-electron chi connectivity index (χ0n) is 19.6. The van der Waals surface area contributed by atoms with Crippen molar-refractivity contribution in [3.63, 3.8) is 0 Å². The van der Waals surface area contributed by atoms with E-state index in [-0.39, 0.29) is 24.0 Å². The highest BCUT2D eigenvalue weighted by molar-refractivity contribution is 14.0. The van der Waals surface area contributed by atoms with Crippen LogP contribution in [0.3, 0.4) is 0 Å². The largest absolute Gasteiger partial charge is 0.493 e. The van der Waals surface area contributed by atoms with E-state index in [1.54, 1.807) is 25.6 Å². The maximum atomic E-state index is 5.47. The van der Waals surface area contributed by atoms with Crippen LogP contribution >= 0.6 is 35.3 Å². The van der Waals surface area contributed by atoms with Gasteiger partial charge < -0.3 is 20.1 Å². The number of rotatable bonds is 10. The molecule has 0 unspecified atom stereocenters. The van der Waals surface area contributed by atoms with Crippen LogP contribution in [0.25, 0.3) is 0 Å². The summed E-state index contributed by atoms with van der Waals surface area (Å²) in [6.45, 7) is 9.58. The van der Waals surface area contributed by atoms with Gasteiger partial charge in [0, 0.05) is 50.2 Å². The second kappa shape index (κ2) is 13.8. The van der Waals surface area contributed by atoms with E-state index in [1.807, 2.05) is 6.20 Å². The number of thiazole rings is 1. The second-order valence-corrected chi connectivity index (χ2v) is 8.71. The first-order valence-corrected chi connectivity index (χ1v) is 11.9. The van der Waals surface area contributed by atoms with Gasteiger partial charge in [0.25, 0.3) is 0 Å². The smallest absolute Gasteiger partial charge is 0.191 e. The summed E-state index contributed by atoms with van der Waals surface area (Å²) in [6.07, 6.45) is 4.98. The molecule has 0 atom stereocenters. The lowest BCUT2D eigenvalue weighted by atomic mass is 9.99. The molecule has 178 valence electrons. The van der Waals surface area contributed by atoms with E-state index in [0.717, 1.165) is 76.0 Å². The average Bonchev–Trinajstić information content (AvgIpc) is 3.26. The SMILES string of the molecule is CCNC(=NCCN1CCc2cc(OC)c(OC)cc2C1)NCCc1ncc(CC)s1.I. The molecule has 0 aliphatic carbocycles. The van der Waals surface area contributed by atoms with Crippen LogP contribution in [0.2, 0.25) is 0 Å². The minimum atomic E-state index is 0. The van der Waals surface area contributed by atoms with E-state index in [2.05, 4.69) is 46.5 Å². The number of halogens is 1.